The molecule has 112 valence electrons. The Hall–Kier alpha value is -1.37. The molecule has 1 atom stereocenters. The van der Waals surface area contributed by atoms with E-state index in [1.54, 1.807) is 17.0 Å². The minimum absolute atomic E-state index is 0.0766. The summed E-state index contributed by atoms with van der Waals surface area (Å²) in [6, 6.07) is -0.219. The van der Waals surface area contributed by atoms with Crippen LogP contribution in [-0.2, 0) is 16.4 Å². The van der Waals surface area contributed by atoms with Gasteiger partial charge in [-0.1, -0.05) is 13.8 Å². The summed E-state index contributed by atoms with van der Waals surface area (Å²) in [5.41, 5.74) is -0.191. The molecule has 0 saturated carbocycles. The third kappa shape index (κ3) is 3.82. The lowest BCUT2D eigenvalue weighted by atomic mass is 10.2. The maximum atomic E-state index is 12.2. The molecule has 1 saturated heterocycles. The maximum Gasteiger partial charge on any atom is 0.293 e. The summed E-state index contributed by atoms with van der Waals surface area (Å²) in [4.78, 5) is 16.3. The summed E-state index contributed by atoms with van der Waals surface area (Å²) >= 11 is 0. The van der Waals surface area contributed by atoms with E-state index in [1.807, 2.05) is 13.8 Å². The van der Waals surface area contributed by atoms with Crippen LogP contribution >= 0.6 is 0 Å². The molecule has 1 aromatic rings. The summed E-state index contributed by atoms with van der Waals surface area (Å²) < 4.78 is 24.8. The number of nitrogens with zero attached hydrogens (tertiary/aromatic N) is 2. The second-order valence-corrected chi connectivity index (χ2v) is 7.95. The van der Waals surface area contributed by atoms with E-state index < -0.39 is 9.84 Å². The highest BCUT2D eigenvalue weighted by atomic mass is 32.2. The van der Waals surface area contributed by atoms with Crippen molar-refractivity contribution in [1.29, 1.82) is 0 Å². The Bertz CT molecular complexity index is 622. The van der Waals surface area contributed by atoms with Crippen molar-refractivity contribution in [3.05, 3.63) is 22.7 Å². The Balaban J connectivity index is 2.15. The van der Waals surface area contributed by atoms with Crippen molar-refractivity contribution < 1.29 is 8.42 Å². The highest BCUT2D eigenvalue weighted by Crippen LogP contribution is 2.14. The summed E-state index contributed by atoms with van der Waals surface area (Å²) in [5, 5.41) is 2.99. The number of sulfone groups is 1. The molecule has 0 aliphatic carbocycles. The van der Waals surface area contributed by atoms with E-state index in [4.69, 9.17) is 0 Å². The zero-order valence-corrected chi connectivity index (χ0v) is 12.7. The molecule has 0 bridgehead atoms. The van der Waals surface area contributed by atoms with E-state index in [1.165, 1.54) is 0 Å². The molecule has 0 amide bonds. The van der Waals surface area contributed by atoms with Crippen molar-refractivity contribution in [2.24, 2.45) is 5.92 Å². The molecule has 7 heteroatoms. The molecule has 6 nitrogen and oxygen atoms in total. The first-order valence-electron chi connectivity index (χ1n) is 6.90. The number of hydrogen-bond donors (Lipinski definition) is 1. The number of hydrogen-bond acceptors (Lipinski definition) is 5. The Kier molecular flexibility index (Phi) is 4.47. The van der Waals surface area contributed by atoms with Crippen LogP contribution in [-0.4, -0.2) is 35.5 Å². The fraction of sp³-hybridized carbons (Fsp3) is 0.692. The third-order valence-electron chi connectivity index (χ3n) is 3.28. The topological polar surface area (TPSA) is 81.1 Å². The van der Waals surface area contributed by atoms with Crippen LogP contribution in [0.5, 0.6) is 0 Å². The Morgan fingerprint density at radius 1 is 1.50 bits per heavy atom. The van der Waals surface area contributed by atoms with Gasteiger partial charge in [-0.25, -0.2) is 13.4 Å². The normalized spacial score (nSPS) is 21.9. The van der Waals surface area contributed by atoms with Crippen molar-refractivity contribution in [3.63, 3.8) is 0 Å². The predicted molar refractivity (Wildman–Crippen MR) is 78.6 cm³/mol. The average Bonchev–Trinajstić information content (AvgIpc) is 2.32. The summed E-state index contributed by atoms with van der Waals surface area (Å²) in [5.74, 6) is 0.923. The number of rotatable bonds is 4. The first kappa shape index (κ1) is 15.0. The van der Waals surface area contributed by atoms with Gasteiger partial charge in [-0.15, -0.1) is 0 Å². The first-order chi connectivity index (χ1) is 9.37. The van der Waals surface area contributed by atoms with Crippen molar-refractivity contribution >= 4 is 15.7 Å². The molecule has 2 heterocycles. The lowest BCUT2D eigenvalue weighted by molar-refractivity contribution is 0.508. The number of nitrogens with one attached hydrogen (secondary N) is 1. The largest absolute Gasteiger partial charge is 0.362 e. The van der Waals surface area contributed by atoms with Crippen LogP contribution in [0.25, 0.3) is 0 Å². The summed E-state index contributed by atoms with van der Waals surface area (Å²) in [6.07, 6.45) is 4.61. The molecule has 1 fully saturated rings. The van der Waals surface area contributed by atoms with E-state index in [2.05, 4.69) is 10.3 Å². The van der Waals surface area contributed by atoms with Gasteiger partial charge in [0.2, 0.25) is 0 Å². The quantitative estimate of drug-likeness (QED) is 0.893. The second kappa shape index (κ2) is 5.95. The van der Waals surface area contributed by atoms with Gasteiger partial charge in [0, 0.05) is 25.0 Å². The van der Waals surface area contributed by atoms with E-state index in [-0.39, 0.29) is 28.9 Å². The Morgan fingerprint density at radius 3 is 2.90 bits per heavy atom. The summed E-state index contributed by atoms with van der Waals surface area (Å²) in [7, 11) is -2.99. The van der Waals surface area contributed by atoms with Crippen molar-refractivity contribution in [3.8, 4) is 0 Å². The molecule has 20 heavy (non-hydrogen) atoms. The molecule has 1 aliphatic rings. The van der Waals surface area contributed by atoms with Gasteiger partial charge in [0.05, 0.1) is 11.5 Å². The minimum atomic E-state index is -2.99. The molecule has 2 rings (SSSR count). The Labute approximate surface area is 119 Å². The highest BCUT2D eigenvalue weighted by molar-refractivity contribution is 7.91. The SMILES string of the molecule is CC(C)Cn1ccnc(NC2CCCS(=O)(=O)C2)c1=O. The fourth-order valence-electron chi connectivity index (χ4n) is 2.41. The molecule has 0 aromatic carbocycles. The fourth-order valence-corrected chi connectivity index (χ4v) is 4.05. The molecule has 0 radical (unpaired) electrons. The van der Waals surface area contributed by atoms with Crippen molar-refractivity contribution in [2.75, 3.05) is 16.8 Å². The molecule has 0 spiro atoms. The van der Waals surface area contributed by atoms with Gasteiger partial charge >= 0.3 is 0 Å². The van der Waals surface area contributed by atoms with Gasteiger partial charge in [-0.05, 0) is 18.8 Å². The van der Waals surface area contributed by atoms with Crippen LogP contribution in [0.4, 0.5) is 5.82 Å². The Morgan fingerprint density at radius 2 is 2.25 bits per heavy atom. The number of aromatic nitrogens is 2. The van der Waals surface area contributed by atoms with Gasteiger partial charge in [-0.2, -0.15) is 0 Å². The van der Waals surface area contributed by atoms with E-state index in [0.717, 1.165) is 6.42 Å². The van der Waals surface area contributed by atoms with Gasteiger partial charge < -0.3 is 9.88 Å². The number of anilines is 1. The van der Waals surface area contributed by atoms with Gasteiger partial charge in [0.25, 0.3) is 5.56 Å². The predicted octanol–water partition coefficient (Wildman–Crippen LogP) is 0.888. The first-order valence-corrected chi connectivity index (χ1v) is 8.72. The molecule has 1 aliphatic heterocycles. The van der Waals surface area contributed by atoms with E-state index in [9.17, 15) is 13.2 Å². The van der Waals surface area contributed by atoms with Crippen LogP contribution in [0, 0.1) is 5.92 Å². The molecular weight excluding hydrogens is 278 g/mol. The smallest absolute Gasteiger partial charge is 0.293 e. The zero-order chi connectivity index (χ0) is 14.8. The lowest BCUT2D eigenvalue weighted by Crippen LogP contribution is -2.37. The monoisotopic (exact) mass is 299 g/mol. The van der Waals surface area contributed by atoms with Crippen LogP contribution in [0.3, 0.4) is 0 Å². The highest BCUT2D eigenvalue weighted by Gasteiger charge is 2.25. The van der Waals surface area contributed by atoms with Gasteiger partial charge in [-0.3, -0.25) is 4.79 Å². The zero-order valence-electron chi connectivity index (χ0n) is 11.9. The minimum Gasteiger partial charge on any atom is -0.362 e. The third-order valence-corrected chi connectivity index (χ3v) is 5.10. The van der Waals surface area contributed by atoms with E-state index in [0.29, 0.717) is 18.9 Å². The molecular formula is C13H21N3O3S. The van der Waals surface area contributed by atoms with E-state index >= 15 is 0 Å². The van der Waals surface area contributed by atoms with Crippen molar-refractivity contribution in [2.45, 2.75) is 39.3 Å². The van der Waals surface area contributed by atoms with Crippen molar-refractivity contribution in [1.82, 2.24) is 9.55 Å². The second-order valence-electron chi connectivity index (χ2n) is 5.73. The summed E-state index contributed by atoms with van der Waals surface area (Å²) in [6.45, 7) is 4.69. The van der Waals surface area contributed by atoms with Gasteiger partial charge in [0.1, 0.15) is 0 Å². The molecule has 1 aromatic heterocycles. The molecule has 1 unspecified atom stereocenters. The van der Waals surface area contributed by atoms with Crippen LogP contribution in [0.1, 0.15) is 26.7 Å². The van der Waals surface area contributed by atoms with Gasteiger partial charge in [0.15, 0.2) is 15.7 Å². The van der Waals surface area contributed by atoms with Crippen LogP contribution in [0.2, 0.25) is 0 Å². The molecule has 1 N–H and O–H groups in total. The average molecular weight is 299 g/mol. The maximum absolute atomic E-state index is 12.2. The standard InChI is InChI=1S/C13H21N3O3S/c1-10(2)8-16-6-5-14-12(13(16)17)15-11-4-3-7-20(18,19)9-11/h5-6,10-11H,3-4,7-9H2,1-2H3,(H,14,15). The lowest BCUT2D eigenvalue weighted by Gasteiger charge is -2.23. The van der Waals surface area contributed by atoms with Crippen LogP contribution < -0.4 is 10.9 Å². The van der Waals surface area contributed by atoms with Crippen LogP contribution in [0.15, 0.2) is 17.2 Å².